The number of carboxylic acids is 1. The van der Waals surface area contributed by atoms with E-state index in [0.29, 0.717) is 19.4 Å². The van der Waals surface area contributed by atoms with Gasteiger partial charge < -0.3 is 10.0 Å². The Morgan fingerprint density at radius 3 is 2.06 bits per heavy atom. The van der Waals surface area contributed by atoms with Gasteiger partial charge >= 0.3 is 5.97 Å². The van der Waals surface area contributed by atoms with Gasteiger partial charge in [0.05, 0.1) is 0 Å². The van der Waals surface area contributed by atoms with E-state index in [1.54, 1.807) is 4.90 Å². The Balaban J connectivity index is 3.01. The van der Waals surface area contributed by atoms with E-state index in [-0.39, 0.29) is 5.91 Å². The number of carboxylic acid groups (broad SMARTS) is 1. The molecule has 1 aliphatic carbocycles. The average Bonchev–Trinajstić information content (AvgIpc) is 2.51. The number of amides is 1. The molecule has 0 aromatic heterocycles. The van der Waals surface area contributed by atoms with Gasteiger partial charge in [-0.25, -0.2) is 4.79 Å². The van der Waals surface area contributed by atoms with Crippen molar-refractivity contribution < 1.29 is 14.7 Å². The van der Waals surface area contributed by atoms with Gasteiger partial charge in [-0.3, -0.25) is 4.79 Å². The van der Waals surface area contributed by atoms with Crippen molar-refractivity contribution in [1.29, 1.82) is 0 Å². The quantitative estimate of drug-likeness (QED) is 0.769. The molecular formula is C13H23NO3. The molecule has 1 fully saturated rings. The Morgan fingerprint density at radius 2 is 1.71 bits per heavy atom. The third-order valence-electron chi connectivity index (χ3n) is 3.67. The van der Waals surface area contributed by atoms with Crippen LogP contribution in [0.25, 0.3) is 0 Å². The highest BCUT2D eigenvalue weighted by Crippen LogP contribution is 2.33. The van der Waals surface area contributed by atoms with Crippen LogP contribution in [-0.2, 0) is 9.59 Å². The summed E-state index contributed by atoms with van der Waals surface area (Å²) in [7, 11) is 0. The third kappa shape index (κ3) is 2.99. The van der Waals surface area contributed by atoms with Crippen molar-refractivity contribution >= 4 is 11.9 Å². The lowest BCUT2D eigenvalue weighted by atomic mass is 9.87. The molecule has 1 N–H and O–H groups in total. The Kier molecular flexibility index (Phi) is 4.97. The largest absolute Gasteiger partial charge is 0.479 e. The highest BCUT2D eigenvalue weighted by atomic mass is 16.4. The maximum absolute atomic E-state index is 11.7. The number of aliphatic carboxylic acids is 1. The van der Waals surface area contributed by atoms with Crippen molar-refractivity contribution in [2.75, 3.05) is 6.54 Å². The predicted octanol–water partition coefficient (Wildman–Crippen LogP) is 2.42. The van der Waals surface area contributed by atoms with Crippen molar-refractivity contribution in [3.8, 4) is 0 Å². The molecule has 0 aromatic carbocycles. The second-order valence-electron chi connectivity index (χ2n) is 4.92. The zero-order valence-electron chi connectivity index (χ0n) is 10.9. The van der Waals surface area contributed by atoms with E-state index in [0.717, 1.165) is 32.1 Å². The van der Waals surface area contributed by atoms with Gasteiger partial charge in [0.2, 0.25) is 5.91 Å². The molecule has 1 rings (SSSR count). The lowest BCUT2D eigenvalue weighted by Crippen LogP contribution is -2.56. The van der Waals surface area contributed by atoms with Crippen LogP contribution >= 0.6 is 0 Å². The minimum atomic E-state index is -0.946. The molecule has 0 unspecified atom stereocenters. The molecular weight excluding hydrogens is 218 g/mol. The molecule has 4 heteroatoms. The number of carbonyl (C=O) groups excluding carboxylic acids is 1. The summed E-state index contributed by atoms with van der Waals surface area (Å²) in [6.07, 6.45) is 5.96. The van der Waals surface area contributed by atoms with Crippen LogP contribution in [0.2, 0.25) is 0 Å². The molecule has 98 valence electrons. The molecule has 1 aliphatic rings. The first kappa shape index (κ1) is 14.0. The fourth-order valence-electron chi connectivity index (χ4n) is 2.81. The minimum Gasteiger partial charge on any atom is -0.479 e. The maximum atomic E-state index is 11.7. The molecule has 0 bridgehead atoms. The van der Waals surface area contributed by atoms with Crippen LogP contribution in [0.15, 0.2) is 0 Å². The minimum absolute atomic E-state index is 0.115. The Bertz CT molecular complexity index is 280. The fraction of sp³-hybridized carbons (Fsp3) is 0.846. The second-order valence-corrected chi connectivity index (χ2v) is 4.92. The van der Waals surface area contributed by atoms with E-state index < -0.39 is 11.5 Å². The summed E-state index contributed by atoms with van der Waals surface area (Å²) in [6, 6.07) is 0. The smallest absolute Gasteiger partial charge is 0.329 e. The van der Waals surface area contributed by atoms with Gasteiger partial charge in [-0.05, 0) is 19.3 Å². The Morgan fingerprint density at radius 1 is 1.18 bits per heavy atom. The number of nitrogens with zero attached hydrogens (tertiary/aromatic N) is 1. The highest BCUT2D eigenvalue weighted by molar-refractivity contribution is 5.86. The van der Waals surface area contributed by atoms with E-state index in [1.165, 1.54) is 6.92 Å². The highest BCUT2D eigenvalue weighted by Gasteiger charge is 2.45. The summed E-state index contributed by atoms with van der Waals surface area (Å²) in [6.45, 7) is 4.00. The first-order valence-corrected chi connectivity index (χ1v) is 6.56. The molecule has 4 nitrogen and oxygen atoms in total. The van der Waals surface area contributed by atoms with Crippen LogP contribution in [0, 0.1) is 0 Å². The van der Waals surface area contributed by atoms with Crippen LogP contribution < -0.4 is 0 Å². The zero-order valence-corrected chi connectivity index (χ0v) is 10.9. The van der Waals surface area contributed by atoms with Gasteiger partial charge in [0.25, 0.3) is 0 Å². The molecule has 1 amide bonds. The van der Waals surface area contributed by atoms with Gasteiger partial charge in [-0.15, -0.1) is 0 Å². The van der Waals surface area contributed by atoms with Gasteiger partial charge in [0, 0.05) is 13.5 Å². The van der Waals surface area contributed by atoms with Crippen LogP contribution in [0.5, 0.6) is 0 Å². The summed E-state index contributed by atoms with van der Waals surface area (Å²) < 4.78 is 0. The number of hydrogen-bond donors (Lipinski definition) is 1. The predicted molar refractivity (Wildman–Crippen MR) is 65.7 cm³/mol. The van der Waals surface area contributed by atoms with E-state index in [1.807, 2.05) is 6.92 Å². The molecule has 0 aliphatic heterocycles. The molecule has 0 heterocycles. The van der Waals surface area contributed by atoms with E-state index in [9.17, 15) is 14.7 Å². The van der Waals surface area contributed by atoms with Crippen LogP contribution in [0.4, 0.5) is 0 Å². The first-order chi connectivity index (χ1) is 8.04. The summed E-state index contributed by atoms with van der Waals surface area (Å²) in [5.41, 5.74) is -0.946. The Labute approximate surface area is 103 Å². The Hall–Kier alpha value is -1.06. The lowest BCUT2D eigenvalue weighted by Gasteiger charge is -2.39. The maximum Gasteiger partial charge on any atom is 0.329 e. The van der Waals surface area contributed by atoms with Crippen molar-refractivity contribution in [1.82, 2.24) is 4.90 Å². The van der Waals surface area contributed by atoms with E-state index in [4.69, 9.17) is 0 Å². The number of rotatable bonds is 4. The molecule has 0 saturated heterocycles. The number of hydrogen-bond acceptors (Lipinski definition) is 2. The second kappa shape index (κ2) is 6.03. The monoisotopic (exact) mass is 241 g/mol. The van der Waals surface area contributed by atoms with Crippen molar-refractivity contribution in [2.24, 2.45) is 0 Å². The fourth-order valence-corrected chi connectivity index (χ4v) is 2.81. The summed E-state index contributed by atoms with van der Waals surface area (Å²) >= 11 is 0. The van der Waals surface area contributed by atoms with E-state index >= 15 is 0 Å². The van der Waals surface area contributed by atoms with Gasteiger partial charge in [0.15, 0.2) is 0 Å². The summed E-state index contributed by atoms with van der Waals surface area (Å²) in [4.78, 5) is 25.0. The number of carbonyl (C=O) groups is 2. The average molecular weight is 241 g/mol. The van der Waals surface area contributed by atoms with Crippen LogP contribution in [0.3, 0.4) is 0 Å². The van der Waals surface area contributed by atoms with Crippen molar-refractivity contribution in [3.63, 3.8) is 0 Å². The van der Waals surface area contributed by atoms with Crippen LogP contribution in [-0.4, -0.2) is 34.0 Å². The van der Waals surface area contributed by atoms with Crippen molar-refractivity contribution in [3.05, 3.63) is 0 Å². The molecule has 17 heavy (non-hydrogen) atoms. The molecule has 1 saturated carbocycles. The zero-order chi connectivity index (χ0) is 12.9. The summed E-state index contributed by atoms with van der Waals surface area (Å²) in [5, 5.41) is 9.57. The molecule has 0 radical (unpaired) electrons. The van der Waals surface area contributed by atoms with Gasteiger partial charge in [0.1, 0.15) is 5.54 Å². The molecule has 0 atom stereocenters. The topological polar surface area (TPSA) is 57.6 Å². The standard InChI is InChI=1S/C13H23NO3/c1-3-10-14(11(2)15)13(12(16)17)8-6-4-5-7-9-13/h3-10H2,1-2H3,(H,16,17). The molecule has 0 aromatic rings. The normalized spacial score (nSPS) is 19.4. The van der Waals surface area contributed by atoms with Crippen LogP contribution in [0.1, 0.15) is 58.8 Å². The van der Waals surface area contributed by atoms with Gasteiger partial charge in [-0.1, -0.05) is 32.6 Å². The summed E-state index contributed by atoms with van der Waals surface area (Å²) in [5.74, 6) is -0.945. The first-order valence-electron chi connectivity index (χ1n) is 6.56. The lowest BCUT2D eigenvalue weighted by molar-refractivity contribution is -0.160. The third-order valence-corrected chi connectivity index (χ3v) is 3.67. The van der Waals surface area contributed by atoms with E-state index in [2.05, 4.69) is 0 Å². The van der Waals surface area contributed by atoms with Crippen molar-refractivity contribution in [2.45, 2.75) is 64.3 Å². The molecule has 0 spiro atoms. The van der Waals surface area contributed by atoms with Gasteiger partial charge in [-0.2, -0.15) is 0 Å². The SMILES string of the molecule is CCCN(C(C)=O)C1(C(=O)O)CCCCCC1.